The summed E-state index contributed by atoms with van der Waals surface area (Å²) >= 11 is 0. The summed E-state index contributed by atoms with van der Waals surface area (Å²) in [5.41, 5.74) is -0.0951. The second-order valence-electron chi connectivity index (χ2n) is 8.71. The SMILES string of the molecule is CC(C)CCNC(=O)N1C[C@@H](C(=O)N2CCCCC2)C2(CCOCC2)C1. The molecule has 6 nitrogen and oxygen atoms in total. The highest BCUT2D eigenvalue weighted by Gasteiger charge is 2.52. The molecule has 26 heavy (non-hydrogen) atoms. The summed E-state index contributed by atoms with van der Waals surface area (Å²) in [6.07, 6.45) is 6.18. The Morgan fingerprint density at radius 3 is 2.46 bits per heavy atom. The van der Waals surface area contributed by atoms with E-state index < -0.39 is 0 Å². The van der Waals surface area contributed by atoms with Crippen molar-refractivity contribution in [1.82, 2.24) is 15.1 Å². The maximum absolute atomic E-state index is 13.3. The number of ether oxygens (including phenoxy) is 1. The minimum absolute atomic E-state index is 0.00883. The summed E-state index contributed by atoms with van der Waals surface area (Å²) in [5, 5.41) is 3.05. The Labute approximate surface area is 157 Å². The van der Waals surface area contributed by atoms with Gasteiger partial charge in [0.1, 0.15) is 0 Å². The first kappa shape index (κ1) is 19.5. The standard InChI is InChI=1S/C20H35N3O3/c1-16(2)6-9-21-19(25)23-14-17(18(24)22-10-4-3-5-11-22)20(15-23)7-12-26-13-8-20/h16-17H,3-15H2,1-2H3,(H,21,25)/t17-/m0/s1. The molecule has 148 valence electrons. The minimum atomic E-state index is -0.0951. The first-order valence-electron chi connectivity index (χ1n) is 10.4. The van der Waals surface area contributed by atoms with Crippen LogP contribution in [0.2, 0.25) is 0 Å². The van der Waals surface area contributed by atoms with Gasteiger partial charge in [0, 0.05) is 51.4 Å². The summed E-state index contributed by atoms with van der Waals surface area (Å²) < 4.78 is 5.57. The van der Waals surface area contributed by atoms with E-state index in [0.29, 0.717) is 38.8 Å². The van der Waals surface area contributed by atoms with Crippen molar-refractivity contribution in [3.05, 3.63) is 0 Å². The topological polar surface area (TPSA) is 61.9 Å². The Kier molecular flexibility index (Phi) is 6.43. The molecule has 1 atom stereocenters. The van der Waals surface area contributed by atoms with Crippen LogP contribution in [0.4, 0.5) is 4.79 Å². The van der Waals surface area contributed by atoms with Gasteiger partial charge in [0.05, 0.1) is 5.92 Å². The molecule has 6 heteroatoms. The van der Waals surface area contributed by atoms with Gasteiger partial charge in [0.15, 0.2) is 0 Å². The van der Waals surface area contributed by atoms with E-state index in [0.717, 1.165) is 45.2 Å². The van der Waals surface area contributed by atoms with Crippen molar-refractivity contribution in [3.8, 4) is 0 Å². The molecule has 0 saturated carbocycles. The molecule has 0 bridgehead atoms. The molecular weight excluding hydrogens is 330 g/mol. The van der Waals surface area contributed by atoms with Crippen LogP contribution in [-0.4, -0.2) is 67.7 Å². The number of likely N-dealkylation sites (tertiary alicyclic amines) is 2. The fourth-order valence-corrected chi connectivity index (χ4v) is 4.66. The fourth-order valence-electron chi connectivity index (χ4n) is 4.66. The monoisotopic (exact) mass is 365 g/mol. The lowest BCUT2D eigenvalue weighted by molar-refractivity contribution is -0.141. The molecule has 3 amide bonds. The van der Waals surface area contributed by atoms with Gasteiger partial charge in [0.2, 0.25) is 5.91 Å². The zero-order valence-corrected chi connectivity index (χ0v) is 16.5. The highest BCUT2D eigenvalue weighted by Crippen LogP contribution is 2.45. The normalized spacial score (nSPS) is 25.7. The number of piperidine rings is 1. The molecule has 0 aromatic rings. The number of hydrogen-bond donors (Lipinski definition) is 1. The molecular formula is C20H35N3O3. The number of rotatable bonds is 4. The van der Waals surface area contributed by atoms with Crippen molar-refractivity contribution in [2.75, 3.05) is 45.9 Å². The van der Waals surface area contributed by atoms with Crippen molar-refractivity contribution < 1.29 is 14.3 Å². The Balaban J connectivity index is 1.67. The lowest BCUT2D eigenvalue weighted by Gasteiger charge is -2.39. The summed E-state index contributed by atoms with van der Waals surface area (Å²) in [6.45, 7) is 9.42. The predicted molar refractivity (Wildman–Crippen MR) is 101 cm³/mol. The van der Waals surface area contributed by atoms with Crippen LogP contribution < -0.4 is 5.32 Å². The number of carbonyl (C=O) groups excluding carboxylic acids is 2. The number of urea groups is 1. The Hall–Kier alpha value is -1.30. The molecule has 3 fully saturated rings. The third-order valence-electron chi connectivity index (χ3n) is 6.39. The van der Waals surface area contributed by atoms with Crippen molar-refractivity contribution in [2.24, 2.45) is 17.3 Å². The molecule has 0 aliphatic carbocycles. The van der Waals surface area contributed by atoms with Crippen LogP contribution >= 0.6 is 0 Å². The number of carbonyl (C=O) groups is 2. The molecule has 0 radical (unpaired) electrons. The van der Waals surface area contributed by atoms with Gasteiger partial charge in [-0.15, -0.1) is 0 Å². The van der Waals surface area contributed by atoms with Gasteiger partial charge in [-0.2, -0.15) is 0 Å². The molecule has 0 aromatic carbocycles. The first-order chi connectivity index (χ1) is 12.5. The lowest BCUT2D eigenvalue weighted by atomic mass is 9.71. The second kappa shape index (κ2) is 8.59. The van der Waals surface area contributed by atoms with E-state index in [1.165, 1.54) is 6.42 Å². The molecule has 0 unspecified atom stereocenters. The van der Waals surface area contributed by atoms with Gasteiger partial charge in [-0.1, -0.05) is 13.8 Å². The van der Waals surface area contributed by atoms with Gasteiger partial charge in [-0.25, -0.2) is 4.79 Å². The van der Waals surface area contributed by atoms with Crippen LogP contribution in [0.1, 0.15) is 52.4 Å². The van der Waals surface area contributed by atoms with Crippen molar-refractivity contribution >= 4 is 11.9 Å². The van der Waals surface area contributed by atoms with Gasteiger partial charge in [-0.3, -0.25) is 4.79 Å². The number of hydrogen-bond acceptors (Lipinski definition) is 3. The van der Waals surface area contributed by atoms with E-state index in [2.05, 4.69) is 19.2 Å². The van der Waals surface area contributed by atoms with Crippen molar-refractivity contribution in [2.45, 2.75) is 52.4 Å². The van der Waals surface area contributed by atoms with Gasteiger partial charge in [-0.05, 0) is 44.4 Å². The zero-order chi connectivity index (χ0) is 18.6. The van der Waals surface area contributed by atoms with E-state index in [9.17, 15) is 9.59 Å². The van der Waals surface area contributed by atoms with Gasteiger partial charge in [0.25, 0.3) is 0 Å². The van der Waals surface area contributed by atoms with E-state index in [-0.39, 0.29) is 23.3 Å². The maximum atomic E-state index is 13.3. The Morgan fingerprint density at radius 1 is 1.12 bits per heavy atom. The van der Waals surface area contributed by atoms with E-state index in [1.807, 2.05) is 9.80 Å². The highest BCUT2D eigenvalue weighted by molar-refractivity contribution is 5.83. The second-order valence-corrected chi connectivity index (χ2v) is 8.71. The largest absolute Gasteiger partial charge is 0.381 e. The average molecular weight is 366 g/mol. The third-order valence-corrected chi connectivity index (χ3v) is 6.39. The molecule has 3 saturated heterocycles. The van der Waals surface area contributed by atoms with Gasteiger partial charge >= 0.3 is 6.03 Å². The maximum Gasteiger partial charge on any atom is 0.317 e. The summed E-state index contributed by atoms with van der Waals surface area (Å²) in [7, 11) is 0. The minimum Gasteiger partial charge on any atom is -0.381 e. The number of nitrogens with one attached hydrogen (secondary N) is 1. The average Bonchev–Trinajstić information content (AvgIpc) is 3.01. The fraction of sp³-hybridized carbons (Fsp3) is 0.900. The summed E-state index contributed by atoms with van der Waals surface area (Å²) in [6, 6.07) is -0.00883. The quantitative estimate of drug-likeness (QED) is 0.832. The molecule has 3 aliphatic rings. The Morgan fingerprint density at radius 2 is 1.81 bits per heavy atom. The number of nitrogens with zero attached hydrogens (tertiary/aromatic N) is 2. The van der Waals surface area contributed by atoms with Crippen molar-refractivity contribution in [3.63, 3.8) is 0 Å². The molecule has 3 aliphatic heterocycles. The van der Waals surface area contributed by atoms with Crippen LogP contribution in [0.3, 0.4) is 0 Å². The third kappa shape index (κ3) is 4.33. The zero-order valence-electron chi connectivity index (χ0n) is 16.5. The highest BCUT2D eigenvalue weighted by atomic mass is 16.5. The van der Waals surface area contributed by atoms with E-state index >= 15 is 0 Å². The van der Waals surface area contributed by atoms with Gasteiger partial charge < -0.3 is 19.9 Å². The van der Waals surface area contributed by atoms with Crippen LogP contribution in [0, 0.1) is 17.3 Å². The lowest BCUT2D eigenvalue weighted by Crippen LogP contribution is -2.47. The van der Waals surface area contributed by atoms with Crippen LogP contribution in [0.5, 0.6) is 0 Å². The van der Waals surface area contributed by atoms with E-state index in [1.54, 1.807) is 0 Å². The molecule has 3 heterocycles. The molecule has 0 aromatic heterocycles. The number of amides is 3. The van der Waals surface area contributed by atoms with Crippen LogP contribution in [0.25, 0.3) is 0 Å². The Bertz CT molecular complexity index is 497. The van der Waals surface area contributed by atoms with Crippen LogP contribution in [0.15, 0.2) is 0 Å². The first-order valence-corrected chi connectivity index (χ1v) is 10.4. The van der Waals surface area contributed by atoms with Crippen LogP contribution in [-0.2, 0) is 9.53 Å². The molecule has 1 N–H and O–H groups in total. The van der Waals surface area contributed by atoms with E-state index in [4.69, 9.17) is 4.74 Å². The smallest absolute Gasteiger partial charge is 0.317 e. The summed E-state index contributed by atoms with van der Waals surface area (Å²) in [4.78, 5) is 29.9. The summed E-state index contributed by atoms with van der Waals surface area (Å²) in [5.74, 6) is 0.772. The molecule has 1 spiro atoms. The molecule has 3 rings (SSSR count). The predicted octanol–water partition coefficient (Wildman–Crippen LogP) is 2.48. The van der Waals surface area contributed by atoms with Crippen molar-refractivity contribution in [1.29, 1.82) is 0 Å².